The molecule has 0 aliphatic carbocycles. The van der Waals surface area contributed by atoms with Crippen molar-refractivity contribution in [2.45, 2.75) is 13.3 Å². The van der Waals surface area contributed by atoms with Gasteiger partial charge in [0.1, 0.15) is 5.75 Å². The number of aliphatic carboxylic acids is 1. The first-order chi connectivity index (χ1) is 12.5. The molecule has 0 amide bonds. The van der Waals surface area contributed by atoms with E-state index in [4.69, 9.17) is 4.74 Å². The van der Waals surface area contributed by atoms with Gasteiger partial charge in [-0.2, -0.15) is 0 Å². The molecule has 6 heteroatoms. The molecule has 1 heterocycles. The van der Waals surface area contributed by atoms with E-state index in [1.54, 1.807) is 42.9 Å². The average Bonchev–Trinajstić information content (AvgIpc) is 2.91. The van der Waals surface area contributed by atoms with Crippen LogP contribution in [0.25, 0.3) is 17.0 Å². The van der Waals surface area contributed by atoms with Gasteiger partial charge in [-0.25, -0.2) is 0 Å². The smallest absolute Gasteiger partial charge is 0.307 e. The van der Waals surface area contributed by atoms with Crippen molar-refractivity contribution < 1.29 is 19.4 Å². The molecule has 0 aliphatic rings. The summed E-state index contributed by atoms with van der Waals surface area (Å²) in [5, 5.41) is 9.95. The van der Waals surface area contributed by atoms with Crippen molar-refractivity contribution in [2.24, 2.45) is 0 Å². The van der Waals surface area contributed by atoms with Gasteiger partial charge in [0.15, 0.2) is 0 Å². The Kier molecular flexibility index (Phi) is 6.42. The summed E-state index contributed by atoms with van der Waals surface area (Å²) in [6.45, 7) is 1.76. The summed E-state index contributed by atoms with van der Waals surface area (Å²) in [6, 6.07) is 14.8. The second kappa shape index (κ2) is 8.56. The molecule has 0 atom stereocenters. The molecule has 3 aromatic rings. The number of carbonyl (C=O) groups is 2. The van der Waals surface area contributed by atoms with E-state index >= 15 is 0 Å². The molecular formula is C21H20ClNO4. The van der Waals surface area contributed by atoms with Gasteiger partial charge >= 0.3 is 5.97 Å². The van der Waals surface area contributed by atoms with Crippen molar-refractivity contribution in [1.82, 2.24) is 4.57 Å². The molecule has 0 fully saturated rings. The Balaban J connectivity index is 0.00000261. The van der Waals surface area contributed by atoms with Crippen LogP contribution in [0.3, 0.4) is 0 Å². The number of methoxy groups -OCH3 is 1. The predicted octanol–water partition coefficient (Wildman–Crippen LogP) is 4.36. The number of allylic oxidation sites excluding steroid dienone is 1. The molecule has 0 saturated carbocycles. The highest BCUT2D eigenvalue weighted by atomic mass is 35.5. The SMILES string of the molecule is COc1ccc2c(c1)c(CC(=O)O)c(C)n2C(=O)C=Cc1ccccc1.Cl. The molecule has 0 spiro atoms. The predicted molar refractivity (Wildman–Crippen MR) is 108 cm³/mol. The normalized spacial score (nSPS) is 10.7. The van der Waals surface area contributed by atoms with E-state index in [9.17, 15) is 14.7 Å². The zero-order valence-corrected chi connectivity index (χ0v) is 15.8. The lowest BCUT2D eigenvalue weighted by Crippen LogP contribution is -2.10. The lowest BCUT2D eigenvalue weighted by atomic mass is 10.1. The van der Waals surface area contributed by atoms with Crippen LogP contribution in [0.1, 0.15) is 21.6 Å². The summed E-state index contributed by atoms with van der Waals surface area (Å²) in [4.78, 5) is 24.1. The second-order valence-corrected chi connectivity index (χ2v) is 5.94. The summed E-state index contributed by atoms with van der Waals surface area (Å²) < 4.78 is 6.79. The van der Waals surface area contributed by atoms with Gasteiger partial charge in [-0.3, -0.25) is 14.2 Å². The van der Waals surface area contributed by atoms with Gasteiger partial charge in [-0.15, -0.1) is 12.4 Å². The molecule has 3 rings (SSSR count). The maximum absolute atomic E-state index is 12.8. The van der Waals surface area contributed by atoms with Crippen LogP contribution in [0.5, 0.6) is 5.75 Å². The molecule has 5 nitrogen and oxygen atoms in total. The fourth-order valence-electron chi connectivity index (χ4n) is 3.05. The fourth-order valence-corrected chi connectivity index (χ4v) is 3.05. The third-order valence-corrected chi connectivity index (χ3v) is 4.31. The number of nitrogens with zero attached hydrogens (tertiary/aromatic N) is 1. The Morgan fingerprint density at radius 1 is 1.15 bits per heavy atom. The van der Waals surface area contributed by atoms with Crippen LogP contribution in [0, 0.1) is 6.92 Å². The minimum atomic E-state index is -0.942. The van der Waals surface area contributed by atoms with E-state index in [2.05, 4.69) is 0 Å². The van der Waals surface area contributed by atoms with E-state index in [0.29, 0.717) is 27.9 Å². The first-order valence-electron chi connectivity index (χ1n) is 8.18. The van der Waals surface area contributed by atoms with E-state index in [1.807, 2.05) is 30.3 Å². The summed E-state index contributed by atoms with van der Waals surface area (Å²) in [5.41, 5.74) is 2.83. The van der Waals surface area contributed by atoms with E-state index in [1.165, 1.54) is 6.08 Å². The van der Waals surface area contributed by atoms with Crippen LogP contribution < -0.4 is 4.74 Å². The number of hydrogen-bond donors (Lipinski definition) is 1. The van der Waals surface area contributed by atoms with E-state index in [-0.39, 0.29) is 24.7 Å². The van der Waals surface area contributed by atoms with Gasteiger partial charge in [0.25, 0.3) is 5.91 Å². The number of aromatic nitrogens is 1. The molecule has 0 radical (unpaired) electrons. The number of carbonyl (C=O) groups excluding carboxylic acids is 1. The summed E-state index contributed by atoms with van der Waals surface area (Å²) in [6.07, 6.45) is 3.09. The van der Waals surface area contributed by atoms with Crippen LogP contribution in [0.15, 0.2) is 54.6 Å². The molecule has 0 aliphatic heterocycles. The number of hydrogen-bond acceptors (Lipinski definition) is 3. The first kappa shape index (κ1) is 20.3. The molecular weight excluding hydrogens is 366 g/mol. The Hall–Kier alpha value is -3.05. The molecule has 0 bridgehead atoms. The summed E-state index contributed by atoms with van der Waals surface area (Å²) in [7, 11) is 1.55. The summed E-state index contributed by atoms with van der Waals surface area (Å²) in [5.74, 6) is -0.547. The third kappa shape index (κ3) is 4.20. The first-order valence-corrected chi connectivity index (χ1v) is 8.18. The molecule has 0 unspecified atom stereocenters. The van der Waals surface area contributed by atoms with Crippen molar-refractivity contribution in [3.05, 3.63) is 71.4 Å². The topological polar surface area (TPSA) is 68.5 Å². The Bertz CT molecular complexity index is 1010. The van der Waals surface area contributed by atoms with Gasteiger partial charge in [0.05, 0.1) is 19.0 Å². The van der Waals surface area contributed by atoms with Crippen molar-refractivity contribution in [3.63, 3.8) is 0 Å². The van der Waals surface area contributed by atoms with Crippen LogP contribution in [0.2, 0.25) is 0 Å². The monoisotopic (exact) mass is 385 g/mol. The van der Waals surface area contributed by atoms with Gasteiger partial charge in [-0.05, 0) is 42.3 Å². The Morgan fingerprint density at radius 3 is 2.48 bits per heavy atom. The number of ether oxygens (including phenoxy) is 1. The standard InChI is InChI=1S/C21H19NO4.ClH/c1-14-17(13-21(24)25)18-12-16(26-2)9-10-19(18)22(14)20(23)11-8-15-6-4-3-5-7-15;/h3-12H,13H2,1-2H3,(H,24,25);1H. The van der Waals surface area contributed by atoms with Crippen molar-refractivity contribution in [3.8, 4) is 5.75 Å². The minimum absolute atomic E-state index is 0. The quantitative estimate of drug-likeness (QED) is 0.662. The van der Waals surface area contributed by atoms with Crippen LogP contribution in [-0.2, 0) is 11.2 Å². The highest BCUT2D eigenvalue weighted by Crippen LogP contribution is 2.30. The molecule has 27 heavy (non-hydrogen) atoms. The van der Waals surface area contributed by atoms with Crippen molar-refractivity contribution in [2.75, 3.05) is 7.11 Å². The largest absolute Gasteiger partial charge is 0.497 e. The van der Waals surface area contributed by atoms with Crippen molar-refractivity contribution in [1.29, 1.82) is 0 Å². The summed E-state index contributed by atoms with van der Waals surface area (Å²) >= 11 is 0. The highest BCUT2D eigenvalue weighted by Gasteiger charge is 2.19. The maximum Gasteiger partial charge on any atom is 0.307 e. The third-order valence-electron chi connectivity index (χ3n) is 4.31. The molecule has 1 N–H and O–H groups in total. The molecule has 140 valence electrons. The zero-order chi connectivity index (χ0) is 18.7. The van der Waals surface area contributed by atoms with Crippen molar-refractivity contribution >= 4 is 41.3 Å². The number of rotatable bonds is 5. The highest BCUT2D eigenvalue weighted by molar-refractivity contribution is 6.03. The number of fused-ring (bicyclic) bond motifs is 1. The minimum Gasteiger partial charge on any atom is -0.497 e. The van der Waals surface area contributed by atoms with E-state index in [0.717, 1.165) is 5.56 Å². The number of benzene rings is 2. The van der Waals surface area contributed by atoms with Gasteiger partial charge in [0, 0.05) is 17.2 Å². The van der Waals surface area contributed by atoms with Crippen LogP contribution in [0.4, 0.5) is 0 Å². The van der Waals surface area contributed by atoms with Gasteiger partial charge in [0.2, 0.25) is 0 Å². The second-order valence-electron chi connectivity index (χ2n) is 5.94. The Labute approximate surface area is 163 Å². The van der Waals surface area contributed by atoms with E-state index < -0.39 is 5.97 Å². The lowest BCUT2D eigenvalue weighted by Gasteiger charge is -2.04. The number of carboxylic acids is 1. The Morgan fingerprint density at radius 2 is 1.85 bits per heavy atom. The zero-order valence-electron chi connectivity index (χ0n) is 15.0. The average molecular weight is 386 g/mol. The number of carboxylic acid groups (broad SMARTS) is 1. The molecule has 2 aromatic carbocycles. The maximum atomic E-state index is 12.8. The fraction of sp³-hybridized carbons (Fsp3) is 0.143. The van der Waals surface area contributed by atoms with Crippen LogP contribution in [-0.4, -0.2) is 28.7 Å². The molecule has 0 saturated heterocycles. The number of halogens is 1. The lowest BCUT2D eigenvalue weighted by molar-refractivity contribution is -0.136. The van der Waals surface area contributed by atoms with Gasteiger partial charge in [-0.1, -0.05) is 30.3 Å². The van der Waals surface area contributed by atoms with Crippen LogP contribution >= 0.6 is 12.4 Å². The molecule has 1 aromatic heterocycles. The van der Waals surface area contributed by atoms with Gasteiger partial charge < -0.3 is 9.84 Å².